The largest absolute Gasteiger partial charge is 0.392 e. The first-order chi connectivity index (χ1) is 8.01. The third-order valence-electron chi connectivity index (χ3n) is 4.41. The SMILES string of the molecule is CC1(C)C(O)CC1NC(=O)N1CCCCCC1. The van der Waals surface area contributed by atoms with Crippen molar-refractivity contribution < 1.29 is 9.90 Å². The van der Waals surface area contributed by atoms with E-state index in [4.69, 9.17) is 0 Å². The molecule has 2 fully saturated rings. The highest BCUT2D eigenvalue weighted by molar-refractivity contribution is 5.74. The van der Waals surface area contributed by atoms with Gasteiger partial charge in [-0.15, -0.1) is 0 Å². The van der Waals surface area contributed by atoms with Crippen molar-refractivity contribution in [1.82, 2.24) is 10.2 Å². The zero-order valence-corrected chi connectivity index (χ0v) is 10.9. The molecule has 2 aliphatic rings. The molecule has 1 aliphatic carbocycles. The van der Waals surface area contributed by atoms with Crippen molar-refractivity contribution in [3.05, 3.63) is 0 Å². The van der Waals surface area contributed by atoms with Crippen molar-refractivity contribution in [2.45, 2.75) is 58.1 Å². The van der Waals surface area contributed by atoms with Crippen LogP contribution in [0.5, 0.6) is 0 Å². The second-order valence-electron chi connectivity index (χ2n) is 5.98. The number of urea groups is 1. The number of aliphatic hydroxyl groups excluding tert-OH is 1. The van der Waals surface area contributed by atoms with Crippen molar-refractivity contribution in [3.63, 3.8) is 0 Å². The van der Waals surface area contributed by atoms with Crippen LogP contribution in [0.4, 0.5) is 4.79 Å². The second kappa shape index (κ2) is 4.84. The summed E-state index contributed by atoms with van der Waals surface area (Å²) >= 11 is 0. The van der Waals surface area contributed by atoms with Gasteiger partial charge in [0.2, 0.25) is 0 Å². The van der Waals surface area contributed by atoms with Gasteiger partial charge in [-0.2, -0.15) is 0 Å². The predicted octanol–water partition coefficient (Wildman–Crippen LogP) is 1.73. The number of rotatable bonds is 1. The fraction of sp³-hybridized carbons (Fsp3) is 0.923. The van der Waals surface area contributed by atoms with Gasteiger partial charge in [-0.05, 0) is 19.3 Å². The summed E-state index contributed by atoms with van der Waals surface area (Å²) in [5.74, 6) is 0. The summed E-state index contributed by atoms with van der Waals surface area (Å²) in [5.41, 5.74) is -0.179. The lowest BCUT2D eigenvalue weighted by atomic mass is 9.64. The molecule has 17 heavy (non-hydrogen) atoms. The Morgan fingerprint density at radius 1 is 1.24 bits per heavy atom. The predicted molar refractivity (Wildman–Crippen MR) is 66.8 cm³/mol. The van der Waals surface area contributed by atoms with Gasteiger partial charge >= 0.3 is 6.03 Å². The highest BCUT2D eigenvalue weighted by Crippen LogP contribution is 2.40. The minimum Gasteiger partial charge on any atom is -0.392 e. The molecular formula is C13H24N2O2. The number of nitrogens with zero attached hydrogens (tertiary/aromatic N) is 1. The Hall–Kier alpha value is -0.770. The standard InChI is InChI=1S/C13H24N2O2/c1-13(2)10(9-11(13)16)14-12(17)15-7-5-3-4-6-8-15/h10-11,16H,3-9H2,1-2H3,(H,14,17). The van der Waals surface area contributed by atoms with Crippen molar-refractivity contribution in [2.75, 3.05) is 13.1 Å². The Kier molecular flexibility index (Phi) is 3.61. The lowest BCUT2D eigenvalue weighted by Crippen LogP contribution is -2.62. The normalized spacial score (nSPS) is 32.5. The van der Waals surface area contributed by atoms with Gasteiger partial charge < -0.3 is 15.3 Å². The third kappa shape index (κ3) is 2.57. The molecule has 2 amide bonds. The van der Waals surface area contributed by atoms with Crippen LogP contribution in [0.15, 0.2) is 0 Å². The molecule has 2 unspecified atom stereocenters. The van der Waals surface area contributed by atoms with Gasteiger partial charge in [0, 0.05) is 24.5 Å². The molecular weight excluding hydrogens is 216 g/mol. The summed E-state index contributed by atoms with van der Waals surface area (Å²) < 4.78 is 0. The van der Waals surface area contributed by atoms with Crippen LogP contribution in [0.3, 0.4) is 0 Å². The average Bonchev–Trinajstić information content (AvgIpc) is 2.57. The van der Waals surface area contributed by atoms with E-state index in [-0.39, 0.29) is 23.6 Å². The number of likely N-dealkylation sites (tertiary alicyclic amines) is 1. The van der Waals surface area contributed by atoms with Crippen molar-refractivity contribution >= 4 is 6.03 Å². The van der Waals surface area contributed by atoms with Crippen LogP contribution in [0.1, 0.15) is 46.0 Å². The molecule has 1 heterocycles. The van der Waals surface area contributed by atoms with E-state index in [1.807, 2.05) is 18.7 Å². The molecule has 1 saturated heterocycles. The fourth-order valence-electron chi connectivity index (χ4n) is 2.66. The fourth-order valence-corrected chi connectivity index (χ4v) is 2.66. The Balaban J connectivity index is 1.84. The summed E-state index contributed by atoms with van der Waals surface area (Å²) in [6, 6.07) is 0.171. The van der Waals surface area contributed by atoms with Gasteiger partial charge in [-0.3, -0.25) is 0 Å². The summed E-state index contributed by atoms with van der Waals surface area (Å²) in [7, 11) is 0. The van der Waals surface area contributed by atoms with Crippen molar-refractivity contribution in [1.29, 1.82) is 0 Å². The van der Waals surface area contributed by atoms with E-state index in [1.54, 1.807) is 0 Å². The first kappa shape index (κ1) is 12.7. The monoisotopic (exact) mass is 240 g/mol. The maximum atomic E-state index is 12.1. The molecule has 4 nitrogen and oxygen atoms in total. The highest BCUT2D eigenvalue weighted by atomic mass is 16.3. The van der Waals surface area contributed by atoms with E-state index >= 15 is 0 Å². The van der Waals surface area contributed by atoms with Gasteiger partial charge in [0.15, 0.2) is 0 Å². The van der Waals surface area contributed by atoms with E-state index in [9.17, 15) is 9.90 Å². The summed E-state index contributed by atoms with van der Waals surface area (Å²) in [6.45, 7) is 5.77. The lowest BCUT2D eigenvalue weighted by molar-refractivity contribution is -0.0689. The van der Waals surface area contributed by atoms with E-state index < -0.39 is 0 Å². The van der Waals surface area contributed by atoms with E-state index in [0.29, 0.717) is 6.42 Å². The van der Waals surface area contributed by atoms with E-state index in [2.05, 4.69) is 5.32 Å². The maximum Gasteiger partial charge on any atom is 0.317 e. The van der Waals surface area contributed by atoms with Gasteiger partial charge in [0.05, 0.1) is 6.10 Å². The number of amides is 2. The lowest BCUT2D eigenvalue weighted by Gasteiger charge is -2.49. The molecule has 0 aromatic rings. The molecule has 0 aromatic heterocycles. The molecule has 2 rings (SSSR count). The number of aliphatic hydroxyl groups is 1. The molecule has 0 aromatic carbocycles. The Bertz CT molecular complexity index is 283. The number of nitrogens with one attached hydrogen (secondary N) is 1. The highest BCUT2D eigenvalue weighted by Gasteiger charge is 2.48. The summed E-state index contributed by atoms with van der Waals surface area (Å²) in [6.07, 6.45) is 5.10. The van der Waals surface area contributed by atoms with Crippen LogP contribution in [0, 0.1) is 5.41 Å². The zero-order chi connectivity index (χ0) is 12.5. The third-order valence-corrected chi connectivity index (χ3v) is 4.41. The van der Waals surface area contributed by atoms with Gasteiger partial charge in [0.25, 0.3) is 0 Å². The minimum atomic E-state index is -0.281. The zero-order valence-electron chi connectivity index (χ0n) is 10.9. The second-order valence-corrected chi connectivity index (χ2v) is 5.98. The average molecular weight is 240 g/mol. The van der Waals surface area contributed by atoms with Gasteiger partial charge in [-0.25, -0.2) is 4.79 Å². The van der Waals surface area contributed by atoms with Crippen LogP contribution < -0.4 is 5.32 Å². The first-order valence-corrected chi connectivity index (χ1v) is 6.75. The maximum absolute atomic E-state index is 12.1. The number of hydrogen-bond donors (Lipinski definition) is 2. The Labute approximate surface area is 103 Å². The van der Waals surface area contributed by atoms with Crippen LogP contribution in [-0.4, -0.2) is 41.3 Å². The number of carbonyl (C=O) groups is 1. The van der Waals surface area contributed by atoms with Crippen molar-refractivity contribution in [2.24, 2.45) is 5.41 Å². The van der Waals surface area contributed by atoms with Crippen LogP contribution >= 0.6 is 0 Å². The molecule has 0 spiro atoms. The molecule has 0 bridgehead atoms. The van der Waals surface area contributed by atoms with E-state index in [0.717, 1.165) is 25.9 Å². The molecule has 0 radical (unpaired) electrons. The van der Waals surface area contributed by atoms with Gasteiger partial charge in [0.1, 0.15) is 0 Å². The topological polar surface area (TPSA) is 52.6 Å². The Morgan fingerprint density at radius 2 is 1.82 bits per heavy atom. The van der Waals surface area contributed by atoms with Crippen LogP contribution in [-0.2, 0) is 0 Å². The number of carbonyl (C=O) groups excluding carboxylic acids is 1. The first-order valence-electron chi connectivity index (χ1n) is 6.75. The smallest absolute Gasteiger partial charge is 0.317 e. The molecule has 2 N–H and O–H groups in total. The molecule has 1 aliphatic heterocycles. The summed E-state index contributed by atoms with van der Waals surface area (Å²) in [5, 5.41) is 12.7. The molecule has 2 atom stereocenters. The summed E-state index contributed by atoms with van der Waals surface area (Å²) in [4.78, 5) is 14.0. The minimum absolute atomic E-state index is 0.0527. The van der Waals surface area contributed by atoms with Gasteiger partial charge in [-0.1, -0.05) is 26.7 Å². The Morgan fingerprint density at radius 3 is 2.29 bits per heavy atom. The van der Waals surface area contributed by atoms with Crippen LogP contribution in [0.2, 0.25) is 0 Å². The molecule has 1 saturated carbocycles. The van der Waals surface area contributed by atoms with Crippen LogP contribution in [0.25, 0.3) is 0 Å². The quantitative estimate of drug-likeness (QED) is 0.733. The van der Waals surface area contributed by atoms with Crippen molar-refractivity contribution in [3.8, 4) is 0 Å². The number of hydrogen-bond acceptors (Lipinski definition) is 2. The molecule has 4 heteroatoms. The van der Waals surface area contributed by atoms with E-state index in [1.165, 1.54) is 12.8 Å². The molecule has 98 valence electrons.